The first-order chi connectivity index (χ1) is 8.31. The van der Waals surface area contributed by atoms with Crippen molar-refractivity contribution in [2.75, 3.05) is 6.26 Å². The lowest BCUT2D eigenvalue weighted by atomic mass is 9.94. The van der Waals surface area contributed by atoms with Crippen LogP contribution in [-0.4, -0.2) is 35.0 Å². The maximum atomic E-state index is 12.0. The SMILES string of the molecule is CSC1CCC(NC(C)C(=O)NC(C)(C)C)CC1. The van der Waals surface area contributed by atoms with Crippen LogP contribution < -0.4 is 10.6 Å². The molecule has 0 heterocycles. The van der Waals surface area contributed by atoms with Crippen LogP contribution >= 0.6 is 11.8 Å². The van der Waals surface area contributed by atoms with E-state index >= 15 is 0 Å². The summed E-state index contributed by atoms with van der Waals surface area (Å²) in [6, 6.07) is 0.411. The Morgan fingerprint density at radius 2 is 1.78 bits per heavy atom. The molecule has 0 aromatic carbocycles. The zero-order valence-corrected chi connectivity index (χ0v) is 13.2. The molecule has 0 aromatic rings. The molecule has 1 aliphatic rings. The number of nitrogens with one attached hydrogen (secondary N) is 2. The number of carbonyl (C=O) groups is 1. The Morgan fingerprint density at radius 1 is 1.22 bits per heavy atom. The molecule has 1 atom stereocenters. The van der Waals surface area contributed by atoms with Gasteiger partial charge in [0.1, 0.15) is 0 Å². The van der Waals surface area contributed by atoms with Crippen LogP contribution in [0.4, 0.5) is 0 Å². The molecule has 1 amide bonds. The third-order valence-corrected chi connectivity index (χ3v) is 4.52. The molecule has 0 radical (unpaired) electrons. The van der Waals surface area contributed by atoms with Crippen LogP contribution in [0.1, 0.15) is 53.4 Å². The fourth-order valence-corrected chi connectivity index (χ4v) is 3.12. The minimum atomic E-state index is -0.149. The van der Waals surface area contributed by atoms with Gasteiger partial charge in [-0.15, -0.1) is 0 Å². The second-order valence-corrected chi connectivity index (χ2v) is 7.48. The molecular formula is C14H28N2OS. The van der Waals surface area contributed by atoms with Crippen molar-refractivity contribution < 1.29 is 4.79 Å². The van der Waals surface area contributed by atoms with E-state index in [1.807, 2.05) is 39.5 Å². The Balaban J connectivity index is 2.32. The first kappa shape index (κ1) is 15.8. The lowest BCUT2D eigenvalue weighted by Crippen LogP contribution is -2.52. The zero-order chi connectivity index (χ0) is 13.8. The van der Waals surface area contributed by atoms with Crippen molar-refractivity contribution >= 4 is 17.7 Å². The van der Waals surface area contributed by atoms with E-state index in [1.165, 1.54) is 25.7 Å². The van der Waals surface area contributed by atoms with E-state index in [9.17, 15) is 4.79 Å². The van der Waals surface area contributed by atoms with E-state index in [1.54, 1.807) is 0 Å². The molecule has 18 heavy (non-hydrogen) atoms. The maximum absolute atomic E-state index is 12.0. The number of thioether (sulfide) groups is 1. The Labute approximate surface area is 116 Å². The standard InChI is InChI=1S/C14H28N2OS/c1-10(13(17)16-14(2,3)4)15-11-6-8-12(18-5)9-7-11/h10-12,15H,6-9H2,1-5H3,(H,16,17). The second kappa shape index (κ2) is 6.80. The Morgan fingerprint density at radius 3 is 2.22 bits per heavy atom. The van der Waals surface area contributed by atoms with Crippen LogP contribution in [0.5, 0.6) is 0 Å². The molecule has 1 unspecified atom stereocenters. The normalized spacial score (nSPS) is 26.7. The summed E-state index contributed by atoms with van der Waals surface area (Å²) in [7, 11) is 0. The number of hydrogen-bond acceptors (Lipinski definition) is 3. The van der Waals surface area contributed by atoms with E-state index in [2.05, 4.69) is 16.9 Å². The summed E-state index contributed by atoms with van der Waals surface area (Å²) in [6.07, 6.45) is 7.12. The van der Waals surface area contributed by atoms with Gasteiger partial charge in [0.2, 0.25) is 5.91 Å². The highest BCUT2D eigenvalue weighted by Gasteiger charge is 2.25. The predicted molar refractivity (Wildman–Crippen MR) is 80.1 cm³/mol. The average Bonchev–Trinajstić information content (AvgIpc) is 2.27. The van der Waals surface area contributed by atoms with Crippen molar-refractivity contribution in [1.82, 2.24) is 10.6 Å². The van der Waals surface area contributed by atoms with E-state index in [-0.39, 0.29) is 17.5 Å². The largest absolute Gasteiger partial charge is 0.350 e. The van der Waals surface area contributed by atoms with Crippen molar-refractivity contribution in [2.45, 2.75) is 76.3 Å². The smallest absolute Gasteiger partial charge is 0.237 e. The van der Waals surface area contributed by atoms with E-state index in [4.69, 9.17) is 0 Å². The van der Waals surface area contributed by atoms with Crippen molar-refractivity contribution in [3.8, 4) is 0 Å². The van der Waals surface area contributed by atoms with Gasteiger partial charge in [0.05, 0.1) is 6.04 Å². The Bertz CT molecular complexity index is 267. The molecule has 2 N–H and O–H groups in total. The quantitative estimate of drug-likeness (QED) is 0.826. The molecule has 1 fully saturated rings. The van der Waals surface area contributed by atoms with Gasteiger partial charge >= 0.3 is 0 Å². The summed E-state index contributed by atoms with van der Waals surface area (Å²) >= 11 is 1.97. The first-order valence-corrected chi connectivity index (χ1v) is 8.21. The van der Waals surface area contributed by atoms with Gasteiger partial charge in [0, 0.05) is 16.8 Å². The van der Waals surface area contributed by atoms with Crippen LogP contribution in [0.15, 0.2) is 0 Å². The third-order valence-electron chi connectivity index (χ3n) is 3.38. The lowest BCUT2D eigenvalue weighted by Gasteiger charge is -2.31. The molecule has 0 aliphatic heterocycles. The van der Waals surface area contributed by atoms with Crippen LogP contribution in [-0.2, 0) is 4.79 Å². The molecule has 1 aliphatic carbocycles. The van der Waals surface area contributed by atoms with Crippen LogP contribution in [0, 0.1) is 0 Å². The van der Waals surface area contributed by atoms with E-state index in [0.29, 0.717) is 6.04 Å². The first-order valence-electron chi connectivity index (χ1n) is 6.92. The Hall–Kier alpha value is -0.220. The molecule has 106 valence electrons. The highest BCUT2D eigenvalue weighted by atomic mass is 32.2. The molecule has 0 bridgehead atoms. The molecule has 0 saturated heterocycles. The Kier molecular flexibility index (Phi) is 5.99. The molecule has 4 heteroatoms. The molecular weight excluding hydrogens is 244 g/mol. The number of hydrogen-bond donors (Lipinski definition) is 2. The van der Waals surface area contributed by atoms with Crippen molar-refractivity contribution in [3.05, 3.63) is 0 Å². The fraction of sp³-hybridized carbons (Fsp3) is 0.929. The monoisotopic (exact) mass is 272 g/mol. The van der Waals surface area contributed by atoms with Gasteiger partial charge in [-0.1, -0.05) is 0 Å². The third kappa shape index (κ3) is 5.61. The topological polar surface area (TPSA) is 41.1 Å². The minimum Gasteiger partial charge on any atom is -0.350 e. The van der Waals surface area contributed by atoms with Gasteiger partial charge in [0.15, 0.2) is 0 Å². The average molecular weight is 272 g/mol. The summed E-state index contributed by atoms with van der Waals surface area (Å²) < 4.78 is 0. The van der Waals surface area contributed by atoms with Crippen LogP contribution in [0.3, 0.4) is 0 Å². The van der Waals surface area contributed by atoms with Gasteiger partial charge < -0.3 is 10.6 Å². The van der Waals surface area contributed by atoms with Gasteiger partial charge in [-0.05, 0) is 59.6 Å². The fourth-order valence-electron chi connectivity index (χ4n) is 2.37. The minimum absolute atomic E-state index is 0.0972. The summed E-state index contributed by atoms with van der Waals surface area (Å²) in [5, 5.41) is 7.31. The zero-order valence-electron chi connectivity index (χ0n) is 12.4. The van der Waals surface area contributed by atoms with Crippen molar-refractivity contribution in [3.63, 3.8) is 0 Å². The molecule has 1 saturated carbocycles. The highest BCUT2D eigenvalue weighted by molar-refractivity contribution is 7.99. The van der Waals surface area contributed by atoms with Crippen LogP contribution in [0.25, 0.3) is 0 Å². The second-order valence-electron chi connectivity index (χ2n) is 6.34. The van der Waals surface area contributed by atoms with Crippen LogP contribution in [0.2, 0.25) is 0 Å². The summed E-state index contributed by atoms with van der Waals surface area (Å²) in [5.74, 6) is 0.106. The summed E-state index contributed by atoms with van der Waals surface area (Å²) in [4.78, 5) is 12.0. The van der Waals surface area contributed by atoms with Gasteiger partial charge in [-0.25, -0.2) is 0 Å². The van der Waals surface area contributed by atoms with Gasteiger partial charge in [-0.2, -0.15) is 11.8 Å². The molecule has 3 nitrogen and oxygen atoms in total. The number of carbonyl (C=O) groups excluding carboxylic acids is 1. The van der Waals surface area contributed by atoms with Gasteiger partial charge in [-0.3, -0.25) is 4.79 Å². The van der Waals surface area contributed by atoms with Crippen molar-refractivity contribution in [1.29, 1.82) is 0 Å². The van der Waals surface area contributed by atoms with E-state index in [0.717, 1.165) is 5.25 Å². The van der Waals surface area contributed by atoms with E-state index < -0.39 is 0 Å². The van der Waals surface area contributed by atoms with Crippen molar-refractivity contribution in [2.24, 2.45) is 0 Å². The molecule has 1 rings (SSSR count). The highest BCUT2D eigenvalue weighted by Crippen LogP contribution is 2.26. The number of rotatable bonds is 4. The number of amides is 1. The van der Waals surface area contributed by atoms with Gasteiger partial charge in [0.25, 0.3) is 0 Å². The maximum Gasteiger partial charge on any atom is 0.237 e. The summed E-state index contributed by atoms with van der Waals surface area (Å²) in [5.41, 5.74) is -0.149. The lowest BCUT2D eigenvalue weighted by molar-refractivity contribution is -0.124. The predicted octanol–water partition coefficient (Wildman–Crippen LogP) is 2.55. The molecule has 0 spiro atoms. The summed E-state index contributed by atoms with van der Waals surface area (Å²) in [6.45, 7) is 8.01. The molecule has 0 aromatic heterocycles.